The lowest BCUT2D eigenvalue weighted by molar-refractivity contribution is 0.102. The van der Waals surface area contributed by atoms with Crippen LogP contribution in [0, 0.1) is 13.8 Å². The number of nitrogens with zero attached hydrogens (tertiary/aromatic N) is 3. The fourth-order valence-corrected chi connectivity index (χ4v) is 3.00. The molecule has 0 aliphatic carbocycles. The minimum absolute atomic E-state index is 0.306. The van der Waals surface area contributed by atoms with Crippen molar-refractivity contribution < 1.29 is 9.53 Å². The largest absolute Gasteiger partial charge is 0.495 e. The van der Waals surface area contributed by atoms with Crippen molar-refractivity contribution in [3.63, 3.8) is 0 Å². The second kappa shape index (κ2) is 8.52. The third-order valence-electron chi connectivity index (χ3n) is 4.32. The van der Waals surface area contributed by atoms with Crippen LogP contribution in [0.5, 0.6) is 5.75 Å². The topological polar surface area (TPSA) is 67.4 Å². The molecule has 2 aromatic carbocycles. The summed E-state index contributed by atoms with van der Waals surface area (Å²) in [7, 11) is 1.58. The Kier molecular flexibility index (Phi) is 5.89. The van der Waals surface area contributed by atoms with Gasteiger partial charge in [-0.2, -0.15) is 0 Å². The smallest absolute Gasteiger partial charge is 0.274 e. The lowest BCUT2D eigenvalue weighted by Crippen LogP contribution is -2.21. The van der Waals surface area contributed by atoms with Crippen molar-refractivity contribution in [2.24, 2.45) is 0 Å². The molecule has 28 heavy (non-hydrogen) atoms. The van der Waals surface area contributed by atoms with E-state index < -0.39 is 0 Å². The summed E-state index contributed by atoms with van der Waals surface area (Å²) in [6.07, 6.45) is 0. The van der Waals surface area contributed by atoms with Crippen LogP contribution in [0.15, 0.2) is 54.6 Å². The van der Waals surface area contributed by atoms with Crippen LogP contribution in [0.25, 0.3) is 0 Å². The summed E-state index contributed by atoms with van der Waals surface area (Å²) in [5, 5.41) is 2.90. The SMILES string of the molecule is CCN(c1ccccc1)c1cc(C(=O)Nc2cc(C)ccc2OC)nc(C)n1. The molecular weight excluding hydrogens is 352 g/mol. The first-order valence-electron chi connectivity index (χ1n) is 9.16. The van der Waals surface area contributed by atoms with E-state index in [4.69, 9.17) is 4.74 Å². The maximum Gasteiger partial charge on any atom is 0.274 e. The van der Waals surface area contributed by atoms with Crippen molar-refractivity contribution in [1.82, 2.24) is 9.97 Å². The zero-order chi connectivity index (χ0) is 20.1. The molecule has 0 radical (unpaired) electrons. The van der Waals surface area contributed by atoms with Crippen LogP contribution in [-0.2, 0) is 0 Å². The Balaban J connectivity index is 1.93. The Bertz CT molecular complexity index is 974. The lowest BCUT2D eigenvalue weighted by atomic mass is 10.2. The van der Waals surface area contributed by atoms with E-state index >= 15 is 0 Å². The van der Waals surface area contributed by atoms with E-state index in [1.54, 1.807) is 20.1 Å². The third-order valence-corrected chi connectivity index (χ3v) is 4.32. The van der Waals surface area contributed by atoms with Gasteiger partial charge in [0, 0.05) is 18.3 Å². The molecule has 0 saturated heterocycles. The molecule has 6 nitrogen and oxygen atoms in total. The quantitative estimate of drug-likeness (QED) is 0.685. The molecule has 0 atom stereocenters. The number of methoxy groups -OCH3 is 1. The molecule has 0 saturated carbocycles. The number of carbonyl (C=O) groups excluding carboxylic acids is 1. The highest BCUT2D eigenvalue weighted by molar-refractivity contribution is 6.04. The normalized spacial score (nSPS) is 10.4. The Morgan fingerprint density at radius 3 is 2.50 bits per heavy atom. The van der Waals surface area contributed by atoms with Crippen LogP contribution < -0.4 is 15.0 Å². The first-order chi connectivity index (χ1) is 13.5. The first-order valence-corrected chi connectivity index (χ1v) is 9.16. The summed E-state index contributed by atoms with van der Waals surface area (Å²) < 4.78 is 5.34. The van der Waals surface area contributed by atoms with E-state index in [0.717, 1.165) is 11.3 Å². The molecule has 0 spiro atoms. The molecule has 0 aliphatic rings. The third kappa shape index (κ3) is 4.28. The molecule has 3 rings (SSSR count). The predicted molar refractivity (Wildman–Crippen MR) is 112 cm³/mol. The molecule has 1 heterocycles. The monoisotopic (exact) mass is 376 g/mol. The van der Waals surface area contributed by atoms with Gasteiger partial charge in [0.2, 0.25) is 0 Å². The van der Waals surface area contributed by atoms with Gasteiger partial charge in [-0.3, -0.25) is 4.79 Å². The predicted octanol–water partition coefficient (Wildman–Crippen LogP) is 4.51. The van der Waals surface area contributed by atoms with Gasteiger partial charge >= 0.3 is 0 Å². The van der Waals surface area contributed by atoms with Crippen molar-refractivity contribution >= 4 is 23.1 Å². The number of aromatic nitrogens is 2. The van der Waals surface area contributed by atoms with Gasteiger partial charge in [-0.05, 0) is 50.6 Å². The highest BCUT2D eigenvalue weighted by atomic mass is 16.5. The highest BCUT2D eigenvalue weighted by Gasteiger charge is 2.16. The summed E-state index contributed by atoms with van der Waals surface area (Å²) in [6, 6.07) is 17.3. The molecule has 0 fully saturated rings. The van der Waals surface area contributed by atoms with Crippen LogP contribution in [0.2, 0.25) is 0 Å². The number of ether oxygens (including phenoxy) is 1. The summed E-state index contributed by atoms with van der Waals surface area (Å²) in [4.78, 5) is 23.8. The molecule has 6 heteroatoms. The Morgan fingerprint density at radius 2 is 1.82 bits per heavy atom. The van der Waals surface area contributed by atoms with Crippen molar-refractivity contribution in [1.29, 1.82) is 0 Å². The van der Waals surface area contributed by atoms with Gasteiger partial charge in [-0.1, -0.05) is 24.3 Å². The van der Waals surface area contributed by atoms with E-state index in [1.807, 2.05) is 67.3 Å². The van der Waals surface area contributed by atoms with Crippen molar-refractivity contribution in [2.45, 2.75) is 20.8 Å². The van der Waals surface area contributed by atoms with Gasteiger partial charge in [0.25, 0.3) is 5.91 Å². The van der Waals surface area contributed by atoms with E-state index in [2.05, 4.69) is 15.3 Å². The molecule has 0 aliphatic heterocycles. The number of amides is 1. The number of benzene rings is 2. The van der Waals surface area contributed by atoms with E-state index in [1.165, 1.54) is 0 Å². The first kappa shape index (κ1) is 19.4. The van der Waals surface area contributed by atoms with Gasteiger partial charge in [0.1, 0.15) is 23.1 Å². The molecule has 1 aromatic heterocycles. The standard InChI is InChI=1S/C22H24N4O2/c1-5-26(17-9-7-6-8-10-17)21-14-19(23-16(3)24-21)22(27)25-18-13-15(2)11-12-20(18)28-4/h6-14H,5H2,1-4H3,(H,25,27). The van der Waals surface area contributed by atoms with Gasteiger partial charge in [-0.25, -0.2) is 9.97 Å². The summed E-state index contributed by atoms with van der Waals surface area (Å²) in [5.74, 6) is 1.51. The summed E-state index contributed by atoms with van der Waals surface area (Å²) >= 11 is 0. The molecule has 0 bridgehead atoms. The zero-order valence-electron chi connectivity index (χ0n) is 16.6. The number of carbonyl (C=O) groups is 1. The maximum atomic E-state index is 12.9. The van der Waals surface area contributed by atoms with Crippen molar-refractivity contribution in [3.8, 4) is 5.75 Å². The Morgan fingerprint density at radius 1 is 1.07 bits per heavy atom. The fourth-order valence-electron chi connectivity index (χ4n) is 3.00. The van der Waals surface area contributed by atoms with Crippen molar-refractivity contribution in [2.75, 3.05) is 23.9 Å². The van der Waals surface area contributed by atoms with Crippen LogP contribution >= 0.6 is 0 Å². The number of nitrogens with one attached hydrogen (secondary N) is 1. The molecule has 0 unspecified atom stereocenters. The second-order valence-electron chi connectivity index (χ2n) is 6.40. The molecule has 1 amide bonds. The molecule has 144 valence electrons. The van der Waals surface area contributed by atoms with Gasteiger partial charge < -0.3 is 15.0 Å². The van der Waals surface area contributed by atoms with Crippen molar-refractivity contribution in [3.05, 3.63) is 71.7 Å². The molecule has 1 N–H and O–H groups in total. The summed E-state index contributed by atoms with van der Waals surface area (Å²) in [6.45, 7) is 6.50. The molecule has 3 aromatic rings. The van der Waals surface area contributed by atoms with Crippen LogP contribution in [-0.4, -0.2) is 29.5 Å². The fraction of sp³-hybridized carbons (Fsp3) is 0.227. The number of anilines is 3. The number of rotatable bonds is 6. The Labute approximate surface area is 165 Å². The number of para-hydroxylation sites is 1. The van der Waals surface area contributed by atoms with E-state index in [-0.39, 0.29) is 5.91 Å². The van der Waals surface area contributed by atoms with E-state index in [0.29, 0.717) is 35.3 Å². The maximum absolute atomic E-state index is 12.9. The van der Waals surface area contributed by atoms with Gasteiger partial charge in [0.05, 0.1) is 12.8 Å². The highest BCUT2D eigenvalue weighted by Crippen LogP contribution is 2.27. The summed E-state index contributed by atoms with van der Waals surface area (Å²) in [5.41, 5.74) is 2.95. The van der Waals surface area contributed by atoms with Crippen LogP contribution in [0.1, 0.15) is 28.8 Å². The lowest BCUT2D eigenvalue weighted by Gasteiger charge is -2.22. The Hall–Kier alpha value is -3.41. The average Bonchev–Trinajstić information content (AvgIpc) is 2.69. The zero-order valence-corrected chi connectivity index (χ0v) is 16.6. The number of aryl methyl sites for hydroxylation is 2. The van der Waals surface area contributed by atoms with E-state index in [9.17, 15) is 4.79 Å². The number of hydrogen-bond donors (Lipinski definition) is 1. The minimum atomic E-state index is -0.306. The second-order valence-corrected chi connectivity index (χ2v) is 6.40. The minimum Gasteiger partial charge on any atom is -0.495 e. The van der Waals surface area contributed by atoms with Crippen LogP contribution in [0.4, 0.5) is 17.2 Å². The van der Waals surface area contributed by atoms with Crippen LogP contribution in [0.3, 0.4) is 0 Å². The number of hydrogen-bond acceptors (Lipinski definition) is 5. The average molecular weight is 376 g/mol. The van der Waals surface area contributed by atoms with Gasteiger partial charge in [-0.15, -0.1) is 0 Å². The molecular formula is C22H24N4O2. The van der Waals surface area contributed by atoms with Gasteiger partial charge in [0.15, 0.2) is 0 Å².